The largest absolute Gasteiger partial charge is 0.359 e. The van der Waals surface area contributed by atoms with Crippen LogP contribution < -0.4 is 5.73 Å². The van der Waals surface area contributed by atoms with Gasteiger partial charge in [0.25, 0.3) is 0 Å². The lowest BCUT2D eigenvalue weighted by Gasteiger charge is -2.27. The van der Waals surface area contributed by atoms with Gasteiger partial charge in [0, 0.05) is 12.6 Å². The second kappa shape index (κ2) is 5.10. The van der Waals surface area contributed by atoms with Crippen molar-refractivity contribution in [3.63, 3.8) is 0 Å². The van der Waals surface area contributed by atoms with Gasteiger partial charge in [0.15, 0.2) is 5.76 Å². The average Bonchev–Trinajstić information content (AvgIpc) is 2.94. The molecule has 0 aliphatic carbocycles. The summed E-state index contributed by atoms with van der Waals surface area (Å²) >= 11 is 0. The Morgan fingerprint density at radius 1 is 1.61 bits per heavy atom. The van der Waals surface area contributed by atoms with E-state index in [1.54, 1.807) is 0 Å². The first-order valence-corrected chi connectivity index (χ1v) is 6.50. The van der Waals surface area contributed by atoms with Crippen molar-refractivity contribution in [2.24, 2.45) is 11.7 Å². The van der Waals surface area contributed by atoms with Gasteiger partial charge in [-0.2, -0.15) is 0 Å². The van der Waals surface area contributed by atoms with Crippen LogP contribution in [0.3, 0.4) is 0 Å². The molecule has 0 saturated carbocycles. The number of likely N-dealkylation sites (tertiary alicyclic amines) is 1. The molecule has 2 unspecified atom stereocenters. The topological polar surface area (TPSA) is 72.4 Å². The molecule has 2 heterocycles. The van der Waals surface area contributed by atoms with Gasteiger partial charge in [0.1, 0.15) is 0 Å². The smallest absolute Gasteiger partial charge is 0.240 e. The van der Waals surface area contributed by atoms with Crippen molar-refractivity contribution in [3.05, 3.63) is 17.5 Å². The first kappa shape index (κ1) is 13.1. The number of hydrogen-bond acceptors (Lipinski definition) is 4. The minimum absolute atomic E-state index is 0.00324. The third-order valence-electron chi connectivity index (χ3n) is 3.51. The molecule has 1 aromatic heterocycles. The monoisotopic (exact) mass is 251 g/mol. The minimum atomic E-state index is -0.436. The highest BCUT2D eigenvalue weighted by molar-refractivity contribution is 5.82. The highest BCUT2D eigenvalue weighted by Crippen LogP contribution is 2.32. The van der Waals surface area contributed by atoms with E-state index < -0.39 is 6.04 Å². The molecule has 1 aliphatic rings. The highest BCUT2D eigenvalue weighted by Gasteiger charge is 2.35. The van der Waals surface area contributed by atoms with Gasteiger partial charge >= 0.3 is 0 Å². The van der Waals surface area contributed by atoms with Crippen LogP contribution in [0.4, 0.5) is 0 Å². The summed E-state index contributed by atoms with van der Waals surface area (Å²) in [7, 11) is 0. The molecule has 5 heteroatoms. The van der Waals surface area contributed by atoms with Crippen LogP contribution in [0.5, 0.6) is 0 Å². The summed E-state index contributed by atoms with van der Waals surface area (Å²) < 4.78 is 5.28. The van der Waals surface area contributed by atoms with Crippen molar-refractivity contribution in [3.8, 4) is 0 Å². The van der Waals surface area contributed by atoms with E-state index in [0.29, 0.717) is 0 Å². The van der Waals surface area contributed by atoms with Gasteiger partial charge in [-0.25, -0.2) is 0 Å². The van der Waals surface area contributed by atoms with E-state index in [2.05, 4.69) is 5.16 Å². The lowest BCUT2D eigenvalue weighted by Crippen LogP contribution is -2.46. The zero-order chi connectivity index (χ0) is 13.3. The summed E-state index contributed by atoms with van der Waals surface area (Å²) in [5.41, 5.74) is 6.79. The van der Waals surface area contributed by atoms with Crippen LogP contribution in [0.2, 0.25) is 0 Å². The van der Waals surface area contributed by atoms with Gasteiger partial charge < -0.3 is 15.2 Å². The Balaban J connectivity index is 2.15. The average molecular weight is 251 g/mol. The fourth-order valence-electron chi connectivity index (χ4n) is 2.34. The summed E-state index contributed by atoms with van der Waals surface area (Å²) in [6.45, 7) is 6.57. The number of aryl methyl sites for hydroxylation is 1. The summed E-state index contributed by atoms with van der Waals surface area (Å²) in [6.07, 6.45) is 1.91. The third-order valence-corrected chi connectivity index (χ3v) is 3.51. The number of amides is 1. The first-order valence-electron chi connectivity index (χ1n) is 6.50. The molecule has 0 spiro atoms. The van der Waals surface area contributed by atoms with Gasteiger partial charge in [-0.3, -0.25) is 4.79 Å². The minimum Gasteiger partial charge on any atom is -0.359 e. The predicted octanol–water partition coefficient (Wildman–Crippen LogP) is 1.63. The quantitative estimate of drug-likeness (QED) is 0.886. The van der Waals surface area contributed by atoms with E-state index in [4.69, 9.17) is 10.3 Å². The van der Waals surface area contributed by atoms with Crippen LogP contribution in [-0.4, -0.2) is 28.6 Å². The van der Waals surface area contributed by atoms with E-state index in [-0.39, 0.29) is 17.9 Å². The SMILES string of the molecule is Cc1cc(C2CCCN2C(=O)C(N)C(C)C)on1. The summed E-state index contributed by atoms with van der Waals surface area (Å²) in [5, 5.41) is 3.89. The Bertz CT molecular complexity index is 428. The van der Waals surface area contributed by atoms with Gasteiger partial charge in [-0.05, 0) is 25.7 Å². The van der Waals surface area contributed by atoms with Crippen molar-refractivity contribution < 1.29 is 9.32 Å². The lowest BCUT2D eigenvalue weighted by molar-refractivity contribution is -0.134. The molecule has 0 bridgehead atoms. The van der Waals surface area contributed by atoms with Gasteiger partial charge in [0.05, 0.1) is 17.8 Å². The van der Waals surface area contributed by atoms with Crippen molar-refractivity contribution >= 4 is 5.91 Å². The van der Waals surface area contributed by atoms with Crippen molar-refractivity contribution in [1.82, 2.24) is 10.1 Å². The molecule has 1 fully saturated rings. The number of aromatic nitrogens is 1. The number of nitrogens with zero attached hydrogens (tertiary/aromatic N) is 2. The molecule has 0 aromatic carbocycles. The van der Waals surface area contributed by atoms with Gasteiger partial charge in [-0.15, -0.1) is 0 Å². The van der Waals surface area contributed by atoms with E-state index in [9.17, 15) is 4.79 Å². The summed E-state index contributed by atoms with van der Waals surface area (Å²) in [4.78, 5) is 14.2. The number of hydrogen-bond donors (Lipinski definition) is 1. The maximum atomic E-state index is 12.3. The zero-order valence-electron chi connectivity index (χ0n) is 11.2. The van der Waals surface area contributed by atoms with Crippen LogP contribution in [0.25, 0.3) is 0 Å². The molecular formula is C13H21N3O2. The Kier molecular flexibility index (Phi) is 3.71. The summed E-state index contributed by atoms with van der Waals surface area (Å²) in [5.74, 6) is 0.936. The fraction of sp³-hybridized carbons (Fsp3) is 0.692. The fourth-order valence-corrected chi connectivity index (χ4v) is 2.34. The van der Waals surface area contributed by atoms with Gasteiger partial charge in [0.2, 0.25) is 5.91 Å². The van der Waals surface area contributed by atoms with Crippen LogP contribution in [-0.2, 0) is 4.79 Å². The highest BCUT2D eigenvalue weighted by atomic mass is 16.5. The third kappa shape index (κ3) is 2.41. The lowest BCUT2D eigenvalue weighted by atomic mass is 10.0. The maximum absolute atomic E-state index is 12.3. The zero-order valence-corrected chi connectivity index (χ0v) is 11.2. The van der Waals surface area contributed by atoms with E-state index in [0.717, 1.165) is 30.8 Å². The molecule has 18 heavy (non-hydrogen) atoms. The second-order valence-corrected chi connectivity index (χ2v) is 5.33. The van der Waals surface area contributed by atoms with Crippen LogP contribution >= 0.6 is 0 Å². The van der Waals surface area contributed by atoms with Crippen molar-refractivity contribution in [1.29, 1.82) is 0 Å². The number of rotatable bonds is 3. The maximum Gasteiger partial charge on any atom is 0.240 e. The molecular weight excluding hydrogens is 230 g/mol. The van der Waals surface area contributed by atoms with E-state index in [1.807, 2.05) is 31.7 Å². The van der Waals surface area contributed by atoms with Crippen LogP contribution in [0.15, 0.2) is 10.6 Å². The second-order valence-electron chi connectivity index (χ2n) is 5.33. The van der Waals surface area contributed by atoms with E-state index >= 15 is 0 Å². The van der Waals surface area contributed by atoms with Crippen molar-refractivity contribution in [2.75, 3.05) is 6.54 Å². The van der Waals surface area contributed by atoms with Crippen LogP contribution in [0.1, 0.15) is 44.2 Å². The number of nitrogens with two attached hydrogens (primary N) is 1. The molecule has 1 aromatic rings. The molecule has 1 amide bonds. The van der Waals surface area contributed by atoms with Gasteiger partial charge in [-0.1, -0.05) is 19.0 Å². The molecule has 2 N–H and O–H groups in total. The standard InChI is InChI=1S/C13H21N3O2/c1-8(2)12(14)13(17)16-6-4-5-10(16)11-7-9(3)15-18-11/h7-8,10,12H,4-6,14H2,1-3H3. The molecule has 100 valence electrons. The molecule has 1 saturated heterocycles. The van der Waals surface area contributed by atoms with Crippen molar-refractivity contribution in [2.45, 2.75) is 45.7 Å². The van der Waals surface area contributed by atoms with E-state index in [1.165, 1.54) is 0 Å². The van der Waals surface area contributed by atoms with Crippen LogP contribution in [0, 0.1) is 12.8 Å². The number of carbonyl (C=O) groups excluding carboxylic acids is 1. The molecule has 2 atom stereocenters. The normalized spacial score (nSPS) is 21.6. The molecule has 1 aliphatic heterocycles. The Morgan fingerprint density at radius 3 is 2.89 bits per heavy atom. The Morgan fingerprint density at radius 2 is 2.33 bits per heavy atom. The Hall–Kier alpha value is -1.36. The molecule has 5 nitrogen and oxygen atoms in total. The summed E-state index contributed by atoms with van der Waals surface area (Å²) in [6, 6.07) is 1.47. The predicted molar refractivity (Wildman–Crippen MR) is 67.7 cm³/mol. The number of carbonyl (C=O) groups is 1. The molecule has 2 rings (SSSR count). The molecule has 0 radical (unpaired) electrons. The Labute approximate surface area is 107 Å². The first-order chi connectivity index (χ1) is 8.50.